The molecule has 3 rings (SSSR count). The Morgan fingerprint density at radius 2 is 2.00 bits per heavy atom. The van der Waals surface area contributed by atoms with Gasteiger partial charge in [0.15, 0.2) is 0 Å². The van der Waals surface area contributed by atoms with E-state index >= 15 is 0 Å². The van der Waals surface area contributed by atoms with Gasteiger partial charge in [-0.05, 0) is 56.0 Å². The SMILES string of the molecule is Cc1cc(Cl)ccc1Nc1nccc(C(=O)N2CCCCC2)n1. The molecule has 0 unspecified atom stereocenters. The van der Waals surface area contributed by atoms with E-state index in [0.29, 0.717) is 16.7 Å². The first kappa shape index (κ1) is 15.7. The Balaban J connectivity index is 1.78. The van der Waals surface area contributed by atoms with Crippen LogP contribution in [0.15, 0.2) is 30.5 Å². The lowest BCUT2D eigenvalue weighted by atomic mass is 10.1. The molecule has 1 aromatic heterocycles. The van der Waals surface area contributed by atoms with Crippen LogP contribution in [0.25, 0.3) is 0 Å². The third kappa shape index (κ3) is 3.79. The number of anilines is 2. The molecule has 1 saturated heterocycles. The molecule has 1 aromatic carbocycles. The van der Waals surface area contributed by atoms with Gasteiger partial charge in [0, 0.05) is 30.0 Å². The van der Waals surface area contributed by atoms with Crippen molar-refractivity contribution in [1.29, 1.82) is 0 Å². The Bertz CT molecular complexity index is 713. The molecular weight excluding hydrogens is 312 g/mol. The molecule has 1 aliphatic heterocycles. The first-order valence-electron chi connectivity index (χ1n) is 7.79. The highest BCUT2D eigenvalue weighted by atomic mass is 35.5. The lowest BCUT2D eigenvalue weighted by Crippen LogP contribution is -2.36. The van der Waals surface area contributed by atoms with Crippen LogP contribution < -0.4 is 5.32 Å². The number of hydrogen-bond acceptors (Lipinski definition) is 4. The summed E-state index contributed by atoms with van der Waals surface area (Å²) in [6.45, 7) is 3.57. The van der Waals surface area contributed by atoms with E-state index in [2.05, 4.69) is 15.3 Å². The van der Waals surface area contributed by atoms with Gasteiger partial charge in [-0.3, -0.25) is 4.79 Å². The van der Waals surface area contributed by atoms with Crippen molar-refractivity contribution in [1.82, 2.24) is 14.9 Å². The maximum atomic E-state index is 12.5. The van der Waals surface area contributed by atoms with Crippen molar-refractivity contribution in [2.24, 2.45) is 0 Å². The molecule has 0 bridgehead atoms. The number of nitrogens with one attached hydrogen (secondary N) is 1. The topological polar surface area (TPSA) is 58.1 Å². The molecule has 0 spiro atoms. The molecule has 0 radical (unpaired) electrons. The fourth-order valence-corrected chi connectivity index (χ4v) is 2.91. The predicted octanol–water partition coefficient (Wildman–Crippen LogP) is 3.81. The van der Waals surface area contributed by atoms with Gasteiger partial charge in [0.2, 0.25) is 5.95 Å². The number of carbonyl (C=O) groups is 1. The van der Waals surface area contributed by atoms with E-state index in [1.165, 1.54) is 6.42 Å². The van der Waals surface area contributed by atoms with Crippen LogP contribution in [0.5, 0.6) is 0 Å². The number of nitrogens with zero attached hydrogens (tertiary/aromatic N) is 3. The van der Waals surface area contributed by atoms with E-state index in [-0.39, 0.29) is 5.91 Å². The number of aryl methyl sites for hydroxylation is 1. The number of halogens is 1. The molecule has 2 heterocycles. The van der Waals surface area contributed by atoms with Crippen LogP contribution in [-0.4, -0.2) is 33.9 Å². The molecule has 1 N–H and O–H groups in total. The van der Waals surface area contributed by atoms with Gasteiger partial charge >= 0.3 is 0 Å². The van der Waals surface area contributed by atoms with Gasteiger partial charge in [0.25, 0.3) is 5.91 Å². The van der Waals surface area contributed by atoms with Gasteiger partial charge < -0.3 is 10.2 Å². The van der Waals surface area contributed by atoms with Crippen LogP contribution in [-0.2, 0) is 0 Å². The van der Waals surface area contributed by atoms with E-state index in [1.807, 2.05) is 24.0 Å². The maximum absolute atomic E-state index is 12.5. The van der Waals surface area contributed by atoms with Crippen LogP contribution in [0.1, 0.15) is 35.3 Å². The minimum Gasteiger partial charge on any atom is -0.337 e. The van der Waals surface area contributed by atoms with Crippen LogP contribution in [0.3, 0.4) is 0 Å². The minimum absolute atomic E-state index is 0.0250. The van der Waals surface area contributed by atoms with Crippen molar-refractivity contribution in [3.05, 3.63) is 46.7 Å². The first-order chi connectivity index (χ1) is 11.1. The number of benzene rings is 1. The molecule has 0 atom stereocenters. The molecule has 2 aromatic rings. The Hall–Kier alpha value is -2.14. The zero-order chi connectivity index (χ0) is 16.2. The third-order valence-electron chi connectivity index (χ3n) is 3.95. The molecule has 0 aliphatic carbocycles. The van der Waals surface area contributed by atoms with E-state index in [1.54, 1.807) is 18.3 Å². The Kier molecular flexibility index (Phi) is 4.76. The predicted molar refractivity (Wildman–Crippen MR) is 91.3 cm³/mol. The molecule has 120 valence electrons. The van der Waals surface area contributed by atoms with E-state index in [0.717, 1.165) is 37.2 Å². The summed E-state index contributed by atoms with van der Waals surface area (Å²) in [6.07, 6.45) is 4.92. The maximum Gasteiger partial charge on any atom is 0.272 e. The molecule has 1 aliphatic rings. The highest BCUT2D eigenvalue weighted by Crippen LogP contribution is 2.22. The zero-order valence-electron chi connectivity index (χ0n) is 13.1. The van der Waals surface area contributed by atoms with Crippen molar-refractivity contribution < 1.29 is 4.79 Å². The van der Waals surface area contributed by atoms with Crippen LogP contribution >= 0.6 is 11.6 Å². The van der Waals surface area contributed by atoms with Gasteiger partial charge in [0.1, 0.15) is 5.69 Å². The lowest BCUT2D eigenvalue weighted by Gasteiger charge is -2.26. The van der Waals surface area contributed by atoms with Crippen molar-refractivity contribution in [2.45, 2.75) is 26.2 Å². The Morgan fingerprint density at radius 1 is 1.22 bits per heavy atom. The molecule has 0 saturated carbocycles. The highest BCUT2D eigenvalue weighted by Gasteiger charge is 2.19. The second kappa shape index (κ2) is 6.96. The fraction of sp³-hybridized carbons (Fsp3) is 0.353. The summed E-state index contributed by atoms with van der Waals surface area (Å²) in [5.41, 5.74) is 2.29. The summed E-state index contributed by atoms with van der Waals surface area (Å²) in [5, 5.41) is 3.83. The second-order valence-corrected chi connectivity index (χ2v) is 6.14. The molecule has 23 heavy (non-hydrogen) atoms. The van der Waals surface area contributed by atoms with E-state index in [9.17, 15) is 4.79 Å². The van der Waals surface area contributed by atoms with Crippen LogP contribution in [0.2, 0.25) is 5.02 Å². The van der Waals surface area contributed by atoms with Gasteiger partial charge in [-0.1, -0.05) is 11.6 Å². The van der Waals surface area contributed by atoms with Gasteiger partial charge in [-0.25, -0.2) is 9.97 Å². The number of hydrogen-bond donors (Lipinski definition) is 1. The minimum atomic E-state index is -0.0250. The fourth-order valence-electron chi connectivity index (χ4n) is 2.68. The highest BCUT2D eigenvalue weighted by molar-refractivity contribution is 6.30. The number of piperidine rings is 1. The molecule has 6 heteroatoms. The number of aromatic nitrogens is 2. The average molecular weight is 331 g/mol. The summed E-state index contributed by atoms with van der Waals surface area (Å²) in [5.74, 6) is 0.390. The molecule has 1 amide bonds. The largest absolute Gasteiger partial charge is 0.337 e. The number of likely N-dealkylation sites (tertiary alicyclic amines) is 1. The normalized spacial score (nSPS) is 14.6. The summed E-state index contributed by atoms with van der Waals surface area (Å²) in [4.78, 5) is 22.9. The van der Waals surface area contributed by atoms with Crippen molar-refractivity contribution >= 4 is 29.1 Å². The van der Waals surface area contributed by atoms with Crippen molar-refractivity contribution in [2.75, 3.05) is 18.4 Å². The van der Waals surface area contributed by atoms with Crippen molar-refractivity contribution in [3.8, 4) is 0 Å². The van der Waals surface area contributed by atoms with Gasteiger partial charge in [-0.15, -0.1) is 0 Å². The summed E-state index contributed by atoms with van der Waals surface area (Å²) in [7, 11) is 0. The number of rotatable bonds is 3. The number of amides is 1. The van der Waals surface area contributed by atoms with E-state index in [4.69, 9.17) is 11.6 Å². The van der Waals surface area contributed by atoms with Gasteiger partial charge in [-0.2, -0.15) is 0 Å². The average Bonchev–Trinajstić information content (AvgIpc) is 2.58. The quantitative estimate of drug-likeness (QED) is 0.929. The standard InChI is InChI=1S/C17H19ClN4O/c1-12-11-13(18)5-6-14(12)20-17-19-8-7-15(21-17)16(23)22-9-3-2-4-10-22/h5-8,11H,2-4,9-10H2,1H3,(H,19,20,21). The smallest absolute Gasteiger partial charge is 0.272 e. The number of carbonyl (C=O) groups excluding carboxylic acids is 1. The monoisotopic (exact) mass is 330 g/mol. The van der Waals surface area contributed by atoms with Gasteiger partial charge in [0.05, 0.1) is 0 Å². The van der Waals surface area contributed by atoms with E-state index < -0.39 is 0 Å². The second-order valence-electron chi connectivity index (χ2n) is 5.70. The van der Waals surface area contributed by atoms with Crippen LogP contribution in [0.4, 0.5) is 11.6 Å². The first-order valence-corrected chi connectivity index (χ1v) is 8.17. The molecular formula is C17H19ClN4O. The third-order valence-corrected chi connectivity index (χ3v) is 4.19. The zero-order valence-corrected chi connectivity index (χ0v) is 13.8. The summed E-state index contributed by atoms with van der Waals surface area (Å²) >= 11 is 5.96. The Labute approximate surface area is 140 Å². The van der Waals surface area contributed by atoms with Crippen molar-refractivity contribution in [3.63, 3.8) is 0 Å². The molecule has 5 nitrogen and oxygen atoms in total. The molecule has 1 fully saturated rings. The van der Waals surface area contributed by atoms with Crippen LogP contribution in [0, 0.1) is 6.92 Å². The lowest BCUT2D eigenvalue weighted by molar-refractivity contribution is 0.0718. The summed E-state index contributed by atoms with van der Waals surface area (Å²) in [6, 6.07) is 7.21. The summed E-state index contributed by atoms with van der Waals surface area (Å²) < 4.78 is 0. The Morgan fingerprint density at radius 3 is 2.74 bits per heavy atom.